The van der Waals surface area contributed by atoms with Gasteiger partial charge in [0.25, 0.3) is 5.69 Å². The van der Waals surface area contributed by atoms with Crippen LogP contribution in [0.1, 0.15) is 23.2 Å². The summed E-state index contributed by atoms with van der Waals surface area (Å²) in [6.07, 6.45) is 1.97. The van der Waals surface area contributed by atoms with Crippen LogP contribution in [0.4, 0.5) is 11.4 Å². The highest BCUT2D eigenvalue weighted by molar-refractivity contribution is 5.89. The van der Waals surface area contributed by atoms with Gasteiger partial charge in [0.2, 0.25) is 0 Å². The molecule has 1 aromatic carbocycles. The minimum absolute atomic E-state index is 0.0732. The van der Waals surface area contributed by atoms with Crippen LogP contribution < -0.4 is 4.90 Å². The summed E-state index contributed by atoms with van der Waals surface area (Å²) in [6, 6.07) is 4.05. The van der Waals surface area contributed by atoms with Gasteiger partial charge in [-0.05, 0) is 30.9 Å². The van der Waals surface area contributed by atoms with Gasteiger partial charge in [-0.15, -0.1) is 0 Å². The molecule has 1 fully saturated rings. The van der Waals surface area contributed by atoms with Gasteiger partial charge in [-0.25, -0.2) is 4.79 Å². The lowest BCUT2D eigenvalue weighted by atomic mass is 9.98. The molecular weight excluding hydrogens is 276 g/mol. The number of hydrogen-bond donors (Lipinski definition) is 1. The number of rotatable bonds is 5. The molecule has 0 radical (unpaired) electrons. The van der Waals surface area contributed by atoms with E-state index in [9.17, 15) is 14.9 Å². The van der Waals surface area contributed by atoms with E-state index < -0.39 is 10.9 Å². The molecule has 114 valence electrons. The van der Waals surface area contributed by atoms with E-state index >= 15 is 0 Å². The minimum Gasteiger partial charge on any atom is -0.478 e. The number of carboxylic acid groups (broad SMARTS) is 1. The van der Waals surface area contributed by atoms with Gasteiger partial charge >= 0.3 is 5.97 Å². The summed E-state index contributed by atoms with van der Waals surface area (Å²) >= 11 is 0. The van der Waals surface area contributed by atoms with E-state index in [4.69, 9.17) is 9.84 Å². The van der Waals surface area contributed by atoms with Gasteiger partial charge in [-0.1, -0.05) is 0 Å². The number of nitro groups is 1. The predicted octanol–water partition coefficient (Wildman–Crippen LogP) is 2.16. The topological polar surface area (TPSA) is 92.9 Å². The van der Waals surface area contributed by atoms with Crippen LogP contribution in [0.25, 0.3) is 0 Å². The fraction of sp³-hybridized carbons (Fsp3) is 0.500. The molecule has 0 aromatic heterocycles. The van der Waals surface area contributed by atoms with Crippen LogP contribution in [0.3, 0.4) is 0 Å². The molecule has 1 saturated heterocycles. The van der Waals surface area contributed by atoms with Crippen molar-refractivity contribution in [2.24, 2.45) is 5.92 Å². The Balaban J connectivity index is 2.29. The van der Waals surface area contributed by atoms with Crippen LogP contribution in [0, 0.1) is 16.0 Å². The number of methoxy groups -OCH3 is 1. The molecule has 0 saturated carbocycles. The van der Waals surface area contributed by atoms with Gasteiger partial charge in [0.15, 0.2) is 0 Å². The monoisotopic (exact) mass is 294 g/mol. The lowest BCUT2D eigenvalue weighted by molar-refractivity contribution is -0.384. The lowest BCUT2D eigenvalue weighted by Gasteiger charge is -2.33. The van der Waals surface area contributed by atoms with E-state index in [0.717, 1.165) is 25.5 Å². The van der Waals surface area contributed by atoms with Gasteiger partial charge in [-0.3, -0.25) is 10.1 Å². The molecule has 1 unspecified atom stereocenters. The van der Waals surface area contributed by atoms with Gasteiger partial charge in [0, 0.05) is 26.3 Å². The van der Waals surface area contributed by atoms with Gasteiger partial charge < -0.3 is 14.7 Å². The van der Waals surface area contributed by atoms with Crippen LogP contribution in [0.5, 0.6) is 0 Å². The molecule has 1 aromatic rings. The van der Waals surface area contributed by atoms with Crippen LogP contribution in [-0.2, 0) is 4.74 Å². The number of piperidine rings is 1. The Kier molecular flexibility index (Phi) is 4.74. The first kappa shape index (κ1) is 15.2. The van der Waals surface area contributed by atoms with Gasteiger partial charge in [0.05, 0.1) is 17.1 Å². The summed E-state index contributed by atoms with van der Waals surface area (Å²) in [5, 5.41) is 20.2. The van der Waals surface area contributed by atoms with Crippen molar-refractivity contribution in [2.45, 2.75) is 12.8 Å². The molecule has 7 heteroatoms. The van der Waals surface area contributed by atoms with E-state index in [1.54, 1.807) is 7.11 Å². The van der Waals surface area contributed by atoms with Crippen molar-refractivity contribution < 1.29 is 19.6 Å². The van der Waals surface area contributed by atoms with E-state index in [0.29, 0.717) is 24.8 Å². The number of nitro benzene ring substituents is 1. The number of carboxylic acids is 1. The summed E-state index contributed by atoms with van der Waals surface area (Å²) < 4.78 is 5.16. The highest BCUT2D eigenvalue weighted by Gasteiger charge is 2.26. The highest BCUT2D eigenvalue weighted by Crippen LogP contribution is 2.32. The van der Waals surface area contributed by atoms with E-state index in [2.05, 4.69) is 0 Å². The SMILES string of the molecule is COCC1CCCN(c2ccc(C(=O)O)cc2[N+](=O)[O-])C1. The Labute approximate surface area is 122 Å². The molecule has 1 aliphatic rings. The normalized spacial score (nSPS) is 18.5. The molecule has 1 aliphatic heterocycles. The number of benzene rings is 1. The van der Waals surface area contributed by atoms with Crippen molar-refractivity contribution in [1.82, 2.24) is 0 Å². The summed E-state index contributed by atoms with van der Waals surface area (Å²) in [5.74, 6) is -0.831. The van der Waals surface area contributed by atoms with Crippen molar-refractivity contribution in [3.05, 3.63) is 33.9 Å². The molecule has 0 amide bonds. The molecule has 0 spiro atoms. The third-order valence-electron chi connectivity index (χ3n) is 3.68. The van der Waals surface area contributed by atoms with E-state index in [-0.39, 0.29) is 11.3 Å². The van der Waals surface area contributed by atoms with Crippen molar-refractivity contribution in [1.29, 1.82) is 0 Å². The number of anilines is 1. The second kappa shape index (κ2) is 6.53. The molecule has 1 N–H and O–H groups in total. The zero-order chi connectivity index (χ0) is 15.4. The zero-order valence-corrected chi connectivity index (χ0v) is 11.8. The Morgan fingerprint density at radius 3 is 2.95 bits per heavy atom. The van der Waals surface area contributed by atoms with Crippen LogP contribution in [0.15, 0.2) is 18.2 Å². The van der Waals surface area contributed by atoms with Gasteiger partial charge in [-0.2, -0.15) is 0 Å². The molecule has 7 nitrogen and oxygen atoms in total. The largest absolute Gasteiger partial charge is 0.478 e. The lowest BCUT2D eigenvalue weighted by Crippen LogP contribution is -2.37. The standard InChI is InChI=1S/C14H18N2O5/c1-21-9-10-3-2-6-15(8-10)12-5-4-11(14(17)18)7-13(12)16(19)20/h4-5,7,10H,2-3,6,8-9H2,1H3,(H,17,18). The first-order valence-electron chi connectivity index (χ1n) is 6.78. The molecular formula is C14H18N2O5. The Hall–Kier alpha value is -2.15. The fourth-order valence-electron chi connectivity index (χ4n) is 2.73. The van der Waals surface area contributed by atoms with E-state index in [1.165, 1.54) is 12.1 Å². The third-order valence-corrected chi connectivity index (χ3v) is 3.68. The van der Waals surface area contributed by atoms with Crippen molar-refractivity contribution in [2.75, 3.05) is 31.7 Å². The number of carbonyl (C=O) groups is 1. The smallest absolute Gasteiger partial charge is 0.335 e. The van der Waals surface area contributed by atoms with E-state index in [1.807, 2.05) is 4.90 Å². The highest BCUT2D eigenvalue weighted by atomic mass is 16.6. The maximum Gasteiger partial charge on any atom is 0.335 e. The second-order valence-corrected chi connectivity index (χ2v) is 5.18. The maximum absolute atomic E-state index is 11.2. The molecule has 2 rings (SSSR count). The number of aromatic carboxylic acids is 1. The third kappa shape index (κ3) is 3.49. The van der Waals surface area contributed by atoms with Crippen LogP contribution in [-0.4, -0.2) is 42.8 Å². The zero-order valence-electron chi connectivity index (χ0n) is 11.8. The fourth-order valence-corrected chi connectivity index (χ4v) is 2.73. The van der Waals surface area contributed by atoms with Crippen molar-refractivity contribution in [3.63, 3.8) is 0 Å². The van der Waals surface area contributed by atoms with Crippen LogP contribution >= 0.6 is 0 Å². The van der Waals surface area contributed by atoms with Crippen molar-refractivity contribution >= 4 is 17.3 Å². The first-order chi connectivity index (χ1) is 10.0. The molecule has 1 heterocycles. The number of ether oxygens (including phenoxy) is 1. The minimum atomic E-state index is -1.17. The Morgan fingerprint density at radius 1 is 1.57 bits per heavy atom. The molecule has 1 atom stereocenters. The number of hydrogen-bond acceptors (Lipinski definition) is 5. The van der Waals surface area contributed by atoms with Gasteiger partial charge in [0.1, 0.15) is 5.69 Å². The first-order valence-corrected chi connectivity index (χ1v) is 6.78. The maximum atomic E-state index is 11.2. The molecule has 0 aliphatic carbocycles. The van der Waals surface area contributed by atoms with Crippen molar-refractivity contribution in [3.8, 4) is 0 Å². The Bertz CT molecular complexity index is 544. The summed E-state index contributed by atoms with van der Waals surface area (Å²) in [7, 11) is 1.64. The molecule has 21 heavy (non-hydrogen) atoms. The quantitative estimate of drug-likeness (QED) is 0.660. The molecule has 0 bridgehead atoms. The predicted molar refractivity (Wildman–Crippen MR) is 76.9 cm³/mol. The summed E-state index contributed by atoms with van der Waals surface area (Å²) in [6.45, 7) is 2.03. The summed E-state index contributed by atoms with van der Waals surface area (Å²) in [4.78, 5) is 23.6. The average molecular weight is 294 g/mol. The summed E-state index contributed by atoms with van der Waals surface area (Å²) in [5.41, 5.74) is 0.245. The second-order valence-electron chi connectivity index (χ2n) is 5.18. The Morgan fingerprint density at radius 2 is 2.33 bits per heavy atom. The average Bonchev–Trinajstić information content (AvgIpc) is 2.47. The van der Waals surface area contributed by atoms with Crippen LogP contribution in [0.2, 0.25) is 0 Å². The number of nitrogens with zero attached hydrogens (tertiary/aromatic N) is 2.